The summed E-state index contributed by atoms with van der Waals surface area (Å²) in [5.41, 5.74) is 10.0. The fourth-order valence-electron chi connectivity index (χ4n) is 1.80. The molecule has 0 saturated carbocycles. The molecule has 1 heteroatoms. The van der Waals surface area contributed by atoms with Crippen LogP contribution in [0.2, 0.25) is 0 Å². The Morgan fingerprint density at radius 3 is 2.57 bits per heavy atom. The molecule has 0 spiro atoms. The van der Waals surface area contributed by atoms with Gasteiger partial charge in [0, 0.05) is 6.04 Å². The fraction of sp³-hybridized carbons (Fsp3) is 0.385. The minimum absolute atomic E-state index is 0.0963. The summed E-state index contributed by atoms with van der Waals surface area (Å²) in [4.78, 5) is 0. The van der Waals surface area contributed by atoms with E-state index in [1.807, 2.05) is 0 Å². The zero-order chi connectivity index (χ0) is 10.3. The molecule has 0 aromatic heterocycles. The van der Waals surface area contributed by atoms with Gasteiger partial charge in [0.05, 0.1) is 0 Å². The Balaban J connectivity index is 2.47. The van der Waals surface area contributed by atoms with E-state index in [1.54, 1.807) is 0 Å². The van der Waals surface area contributed by atoms with Crippen LogP contribution in [0.1, 0.15) is 43.5 Å². The van der Waals surface area contributed by atoms with Crippen molar-refractivity contribution >= 4 is 6.08 Å². The molecule has 14 heavy (non-hydrogen) atoms. The Hall–Kier alpha value is -1.08. The van der Waals surface area contributed by atoms with E-state index in [4.69, 9.17) is 5.73 Å². The summed E-state index contributed by atoms with van der Waals surface area (Å²) in [5, 5.41) is 0. The lowest BCUT2D eigenvalue weighted by Crippen LogP contribution is -2.12. The van der Waals surface area contributed by atoms with E-state index in [1.165, 1.54) is 16.7 Å². The van der Waals surface area contributed by atoms with Crippen molar-refractivity contribution in [1.82, 2.24) is 0 Å². The van der Waals surface area contributed by atoms with Crippen LogP contribution in [0.25, 0.3) is 6.08 Å². The van der Waals surface area contributed by atoms with E-state index in [0.717, 1.165) is 0 Å². The van der Waals surface area contributed by atoms with Crippen LogP contribution < -0.4 is 5.73 Å². The van der Waals surface area contributed by atoms with E-state index in [-0.39, 0.29) is 11.5 Å². The van der Waals surface area contributed by atoms with Gasteiger partial charge in [0.15, 0.2) is 0 Å². The molecule has 1 aromatic rings. The summed E-state index contributed by atoms with van der Waals surface area (Å²) < 4.78 is 0. The molecule has 1 aliphatic rings. The molecule has 0 radical (unpaired) electrons. The lowest BCUT2D eigenvalue weighted by atomic mass is 9.85. The highest BCUT2D eigenvalue weighted by atomic mass is 14.6. The molecule has 2 rings (SSSR count). The highest BCUT2D eigenvalue weighted by molar-refractivity contribution is 5.63. The third-order valence-corrected chi connectivity index (χ3v) is 2.80. The molecule has 74 valence electrons. The molecule has 1 unspecified atom stereocenters. The SMILES string of the molecule is CC(C)(C)c1ccc2c(c1)C=CC2N. The Bertz CT molecular complexity index is 383. The smallest absolute Gasteiger partial charge is 0.0490 e. The van der Waals surface area contributed by atoms with Crippen molar-refractivity contribution in [2.45, 2.75) is 32.2 Å². The molecule has 0 aliphatic heterocycles. The Morgan fingerprint density at radius 1 is 1.21 bits per heavy atom. The maximum atomic E-state index is 5.92. The van der Waals surface area contributed by atoms with Gasteiger partial charge in [-0.05, 0) is 22.1 Å². The summed E-state index contributed by atoms with van der Waals surface area (Å²) in [6, 6.07) is 6.68. The predicted molar refractivity (Wildman–Crippen MR) is 61.1 cm³/mol. The van der Waals surface area contributed by atoms with Crippen LogP contribution in [0.4, 0.5) is 0 Å². The first-order valence-electron chi connectivity index (χ1n) is 5.07. The summed E-state index contributed by atoms with van der Waals surface area (Å²) in [5.74, 6) is 0. The van der Waals surface area contributed by atoms with Crippen LogP contribution in [0.15, 0.2) is 24.3 Å². The molecule has 2 N–H and O–H groups in total. The zero-order valence-electron chi connectivity index (χ0n) is 9.04. The minimum atomic E-state index is 0.0963. The molecule has 0 bridgehead atoms. The third kappa shape index (κ3) is 1.48. The van der Waals surface area contributed by atoms with E-state index in [9.17, 15) is 0 Å². The predicted octanol–water partition coefficient (Wildman–Crippen LogP) is 3.01. The van der Waals surface area contributed by atoms with Crippen molar-refractivity contribution < 1.29 is 0 Å². The van der Waals surface area contributed by atoms with Crippen molar-refractivity contribution in [3.8, 4) is 0 Å². The lowest BCUT2D eigenvalue weighted by molar-refractivity contribution is 0.590. The Labute approximate surface area is 85.6 Å². The van der Waals surface area contributed by atoms with E-state index in [0.29, 0.717) is 0 Å². The Kier molecular flexibility index (Phi) is 2.00. The number of nitrogens with two attached hydrogens (primary N) is 1. The largest absolute Gasteiger partial charge is 0.321 e. The highest BCUT2D eigenvalue weighted by Crippen LogP contribution is 2.31. The average molecular weight is 187 g/mol. The lowest BCUT2D eigenvalue weighted by Gasteiger charge is -2.20. The van der Waals surface area contributed by atoms with E-state index < -0.39 is 0 Å². The van der Waals surface area contributed by atoms with Crippen LogP contribution in [-0.4, -0.2) is 0 Å². The van der Waals surface area contributed by atoms with Gasteiger partial charge in [-0.15, -0.1) is 0 Å². The quantitative estimate of drug-likeness (QED) is 0.664. The first kappa shape index (κ1) is 9.47. The number of hydrogen-bond donors (Lipinski definition) is 1. The zero-order valence-corrected chi connectivity index (χ0v) is 9.04. The molecule has 1 aromatic carbocycles. The third-order valence-electron chi connectivity index (χ3n) is 2.80. The van der Waals surface area contributed by atoms with Gasteiger partial charge in [0.1, 0.15) is 0 Å². The topological polar surface area (TPSA) is 26.0 Å². The van der Waals surface area contributed by atoms with Gasteiger partial charge in [-0.2, -0.15) is 0 Å². The number of rotatable bonds is 0. The minimum Gasteiger partial charge on any atom is -0.321 e. The van der Waals surface area contributed by atoms with Crippen molar-refractivity contribution in [2.75, 3.05) is 0 Å². The monoisotopic (exact) mass is 187 g/mol. The molecule has 0 amide bonds. The summed E-state index contributed by atoms with van der Waals surface area (Å²) in [6.45, 7) is 6.69. The Morgan fingerprint density at radius 2 is 1.93 bits per heavy atom. The van der Waals surface area contributed by atoms with Crippen LogP contribution in [0, 0.1) is 0 Å². The van der Waals surface area contributed by atoms with Gasteiger partial charge >= 0.3 is 0 Å². The second-order valence-electron chi connectivity index (χ2n) is 4.98. The summed E-state index contributed by atoms with van der Waals surface area (Å²) >= 11 is 0. The summed E-state index contributed by atoms with van der Waals surface area (Å²) in [7, 11) is 0. The second kappa shape index (κ2) is 2.96. The standard InChI is InChI=1S/C13H17N/c1-13(2,3)10-5-6-11-9(8-10)4-7-12(11)14/h4-8,12H,14H2,1-3H3. The highest BCUT2D eigenvalue weighted by Gasteiger charge is 2.18. The van der Waals surface area contributed by atoms with Gasteiger partial charge < -0.3 is 5.73 Å². The van der Waals surface area contributed by atoms with Crippen molar-refractivity contribution in [1.29, 1.82) is 0 Å². The number of benzene rings is 1. The van der Waals surface area contributed by atoms with Crippen LogP contribution in [-0.2, 0) is 5.41 Å². The van der Waals surface area contributed by atoms with Crippen molar-refractivity contribution in [2.24, 2.45) is 5.73 Å². The fourth-order valence-corrected chi connectivity index (χ4v) is 1.80. The molecule has 1 atom stereocenters. The molecule has 1 aliphatic carbocycles. The molecular formula is C13H17N. The molecule has 0 fully saturated rings. The molecule has 0 saturated heterocycles. The van der Waals surface area contributed by atoms with Crippen LogP contribution in [0.3, 0.4) is 0 Å². The molecular weight excluding hydrogens is 170 g/mol. The molecule has 1 nitrogen and oxygen atoms in total. The second-order valence-corrected chi connectivity index (χ2v) is 4.98. The van der Waals surface area contributed by atoms with Gasteiger partial charge in [0.25, 0.3) is 0 Å². The normalized spacial score (nSPS) is 19.9. The number of fused-ring (bicyclic) bond motifs is 1. The van der Waals surface area contributed by atoms with Crippen molar-refractivity contribution in [3.63, 3.8) is 0 Å². The maximum Gasteiger partial charge on any atom is 0.0490 e. The van der Waals surface area contributed by atoms with Gasteiger partial charge in [0.2, 0.25) is 0 Å². The van der Waals surface area contributed by atoms with Crippen molar-refractivity contribution in [3.05, 3.63) is 41.0 Å². The van der Waals surface area contributed by atoms with Crippen LogP contribution in [0.5, 0.6) is 0 Å². The summed E-state index contributed by atoms with van der Waals surface area (Å²) in [6.07, 6.45) is 4.17. The average Bonchev–Trinajstić information content (AvgIpc) is 2.46. The first-order chi connectivity index (χ1) is 6.48. The van der Waals surface area contributed by atoms with Gasteiger partial charge in [-0.1, -0.05) is 51.1 Å². The molecule has 0 heterocycles. The van der Waals surface area contributed by atoms with Gasteiger partial charge in [-0.3, -0.25) is 0 Å². The maximum absolute atomic E-state index is 5.92. The first-order valence-corrected chi connectivity index (χ1v) is 5.07. The van der Waals surface area contributed by atoms with Gasteiger partial charge in [-0.25, -0.2) is 0 Å². The van der Waals surface area contributed by atoms with E-state index in [2.05, 4.69) is 51.1 Å². The van der Waals surface area contributed by atoms with Crippen LogP contribution >= 0.6 is 0 Å². The van der Waals surface area contributed by atoms with E-state index >= 15 is 0 Å². The number of hydrogen-bond acceptors (Lipinski definition) is 1.